The van der Waals surface area contributed by atoms with E-state index in [2.05, 4.69) is 9.72 Å². The van der Waals surface area contributed by atoms with Gasteiger partial charge in [-0.1, -0.05) is 18.2 Å². The Hall–Kier alpha value is -1.73. The lowest BCUT2D eigenvalue weighted by atomic mass is 10.0. The third-order valence-corrected chi connectivity index (χ3v) is 2.99. The molecule has 0 spiro atoms. The maximum atomic E-state index is 12.7. The smallest absolute Gasteiger partial charge is 0.330 e. The molecular weight excluding hydrogens is 288 g/mol. The van der Waals surface area contributed by atoms with Crippen molar-refractivity contribution in [1.29, 1.82) is 0 Å². The molecule has 0 bridgehead atoms. The number of benzene rings is 1. The molecule has 0 aliphatic carbocycles. The molecule has 1 heterocycles. The number of nitrogens with zero attached hydrogens (tertiary/aromatic N) is 1. The monoisotopic (exact) mass is 302 g/mol. The van der Waals surface area contributed by atoms with E-state index in [0.29, 0.717) is 11.1 Å². The number of pyridine rings is 1. The fourth-order valence-corrected chi connectivity index (χ4v) is 1.93. The Balaban J connectivity index is 2.04. The topological polar surface area (TPSA) is 48.1 Å². The normalized spacial score (nSPS) is 13.8. The summed E-state index contributed by atoms with van der Waals surface area (Å²) in [5, 5.41) is 0.775. The Kier molecular flexibility index (Phi) is 4.74. The summed E-state index contributed by atoms with van der Waals surface area (Å²) in [4.78, 5) is 4.15. The molecule has 0 aliphatic rings. The van der Waals surface area contributed by atoms with E-state index < -0.39 is 25.0 Å². The van der Waals surface area contributed by atoms with Crippen LogP contribution in [0.1, 0.15) is 11.6 Å². The van der Waals surface area contributed by atoms with E-state index in [1.54, 1.807) is 36.5 Å². The molecule has 1 unspecified atom stereocenters. The first kappa shape index (κ1) is 15.7. The quantitative estimate of drug-likeness (QED) is 0.834. The predicted molar refractivity (Wildman–Crippen MR) is 70.4 cm³/mol. The number of hydrogen-bond donors (Lipinski definition) is 1. The fourth-order valence-electron chi connectivity index (χ4n) is 1.93. The molecule has 1 aromatic heterocycles. The SMILES string of the molecule is NC(COCC(F)(F)C(F)F)c1cccc2ncccc12. The Bertz CT molecular complexity index is 601. The van der Waals surface area contributed by atoms with Crippen LogP contribution < -0.4 is 5.73 Å². The van der Waals surface area contributed by atoms with Gasteiger partial charge in [0.15, 0.2) is 0 Å². The molecule has 1 aromatic carbocycles. The zero-order valence-corrected chi connectivity index (χ0v) is 11.0. The second kappa shape index (κ2) is 6.36. The number of halogens is 4. The van der Waals surface area contributed by atoms with E-state index in [1.165, 1.54) is 0 Å². The summed E-state index contributed by atoms with van der Waals surface area (Å²) in [7, 11) is 0. The Morgan fingerprint density at radius 1 is 1.19 bits per heavy atom. The molecule has 7 heteroatoms. The standard InChI is InChI=1S/C14H14F4N2O/c15-13(16)14(17,18)8-21-7-11(19)9-3-1-5-12-10(9)4-2-6-20-12/h1-6,11,13H,7-8,19H2. The van der Waals surface area contributed by atoms with Gasteiger partial charge >= 0.3 is 12.3 Å². The average Bonchev–Trinajstić information content (AvgIpc) is 2.46. The summed E-state index contributed by atoms with van der Waals surface area (Å²) in [5.74, 6) is -4.17. The number of alkyl halides is 4. The van der Waals surface area contributed by atoms with Crippen LogP contribution in [0.4, 0.5) is 17.6 Å². The lowest BCUT2D eigenvalue weighted by Gasteiger charge is -2.18. The van der Waals surface area contributed by atoms with Crippen molar-refractivity contribution in [3.63, 3.8) is 0 Å². The van der Waals surface area contributed by atoms with E-state index in [9.17, 15) is 17.6 Å². The predicted octanol–water partition coefficient (Wildman–Crippen LogP) is 3.15. The number of nitrogens with two attached hydrogens (primary N) is 1. The minimum Gasteiger partial charge on any atom is -0.373 e. The highest BCUT2D eigenvalue weighted by molar-refractivity contribution is 5.82. The van der Waals surface area contributed by atoms with Gasteiger partial charge in [-0.2, -0.15) is 8.78 Å². The third-order valence-electron chi connectivity index (χ3n) is 2.99. The molecule has 114 valence electrons. The largest absolute Gasteiger partial charge is 0.373 e. The van der Waals surface area contributed by atoms with Crippen molar-refractivity contribution in [2.75, 3.05) is 13.2 Å². The summed E-state index contributed by atoms with van der Waals surface area (Å²) in [6.07, 6.45) is -2.13. The highest BCUT2D eigenvalue weighted by Crippen LogP contribution is 2.25. The van der Waals surface area contributed by atoms with Crippen LogP contribution >= 0.6 is 0 Å². The van der Waals surface area contributed by atoms with E-state index in [1.807, 2.05) is 0 Å². The molecule has 3 nitrogen and oxygen atoms in total. The Morgan fingerprint density at radius 3 is 2.67 bits per heavy atom. The summed E-state index contributed by atoms with van der Waals surface area (Å²) in [6.45, 7) is -1.64. The maximum Gasteiger partial charge on any atom is 0.330 e. The molecule has 2 rings (SSSR count). The lowest BCUT2D eigenvalue weighted by Crippen LogP contribution is -2.33. The van der Waals surface area contributed by atoms with E-state index >= 15 is 0 Å². The summed E-state index contributed by atoms with van der Waals surface area (Å²) in [6, 6.07) is 8.07. The molecule has 0 fully saturated rings. The van der Waals surface area contributed by atoms with Crippen molar-refractivity contribution in [2.45, 2.75) is 18.4 Å². The van der Waals surface area contributed by atoms with Crippen molar-refractivity contribution in [3.05, 3.63) is 42.1 Å². The van der Waals surface area contributed by atoms with Gasteiger partial charge in [0.05, 0.1) is 18.2 Å². The zero-order chi connectivity index (χ0) is 15.5. The summed E-state index contributed by atoms with van der Waals surface area (Å²) in [5.41, 5.74) is 7.26. The molecule has 0 amide bonds. The molecule has 21 heavy (non-hydrogen) atoms. The van der Waals surface area contributed by atoms with Gasteiger partial charge < -0.3 is 10.5 Å². The van der Waals surface area contributed by atoms with Crippen molar-refractivity contribution in [2.24, 2.45) is 5.73 Å². The van der Waals surface area contributed by atoms with Crippen LogP contribution in [0.3, 0.4) is 0 Å². The zero-order valence-electron chi connectivity index (χ0n) is 11.0. The van der Waals surface area contributed by atoms with Gasteiger partial charge in [-0.15, -0.1) is 0 Å². The summed E-state index contributed by atoms with van der Waals surface area (Å²) < 4.78 is 54.1. The number of ether oxygens (including phenoxy) is 1. The van der Waals surface area contributed by atoms with Crippen LogP contribution in [0.25, 0.3) is 10.9 Å². The van der Waals surface area contributed by atoms with Crippen LogP contribution in [-0.4, -0.2) is 30.5 Å². The fraction of sp³-hybridized carbons (Fsp3) is 0.357. The van der Waals surface area contributed by atoms with Crippen molar-refractivity contribution >= 4 is 10.9 Å². The Labute approximate surface area is 118 Å². The molecule has 1 atom stereocenters. The first-order chi connectivity index (χ1) is 9.92. The van der Waals surface area contributed by atoms with E-state index in [4.69, 9.17) is 5.73 Å². The molecule has 0 aliphatic heterocycles. The molecule has 0 saturated heterocycles. The molecule has 2 N–H and O–H groups in total. The Morgan fingerprint density at radius 2 is 1.95 bits per heavy atom. The number of hydrogen-bond acceptors (Lipinski definition) is 3. The summed E-state index contributed by atoms with van der Waals surface area (Å²) >= 11 is 0. The van der Waals surface area contributed by atoms with Crippen LogP contribution in [0.2, 0.25) is 0 Å². The van der Waals surface area contributed by atoms with Crippen LogP contribution in [0.5, 0.6) is 0 Å². The first-order valence-electron chi connectivity index (χ1n) is 6.25. The lowest BCUT2D eigenvalue weighted by molar-refractivity contribution is -0.166. The third kappa shape index (κ3) is 3.68. The highest BCUT2D eigenvalue weighted by atomic mass is 19.3. The van der Waals surface area contributed by atoms with Gasteiger partial charge in [0, 0.05) is 11.6 Å². The van der Waals surface area contributed by atoms with Gasteiger partial charge in [0.2, 0.25) is 0 Å². The second-order valence-electron chi connectivity index (χ2n) is 4.60. The average molecular weight is 302 g/mol. The van der Waals surface area contributed by atoms with Gasteiger partial charge in [-0.3, -0.25) is 4.98 Å². The van der Waals surface area contributed by atoms with Crippen molar-refractivity contribution in [3.8, 4) is 0 Å². The number of rotatable bonds is 6. The van der Waals surface area contributed by atoms with Gasteiger partial charge in [-0.05, 0) is 17.7 Å². The minimum absolute atomic E-state index is 0.281. The minimum atomic E-state index is -4.17. The van der Waals surface area contributed by atoms with Crippen molar-refractivity contribution < 1.29 is 22.3 Å². The van der Waals surface area contributed by atoms with Gasteiger partial charge in [0.25, 0.3) is 0 Å². The molecule has 0 saturated carbocycles. The van der Waals surface area contributed by atoms with E-state index in [0.717, 1.165) is 5.39 Å². The first-order valence-corrected chi connectivity index (χ1v) is 6.25. The van der Waals surface area contributed by atoms with Crippen molar-refractivity contribution in [1.82, 2.24) is 4.98 Å². The van der Waals surface area contributed by atoms with Gasteiger partial charge in [-0.25, -0.2) is 8.78 Å². The van der Waals surface area contributed by atoms with Gasteiger partial charge in [0.1, 0.15) is 6.61 Å². The van der Waals surface area contributed by atoms with E-state index in [-0.39, 0.29) is 6.61 Å². The molecule has 0 radical (unpaired) electrons. The maximum absolute atomic E-state index is 12.7. The number of fused-ring (bicyclic) bond motifs is 1. The highest BCUT2D eigenvalue weighted by Gasteiger charge is 2.41. The number of aromatic nitrogens is 1. The van der Waals surface area contributed by atoms with Crippen LogP contribution in [0, 0.1) is 0 Å². The molecular formula is C14H14F4N2O. The van der Waals surface area contributed by atoms with Crippen LogP contribution in [-0.2, 0) is 4.74 Å². The van der Waals surface area contributed by atoms with Crippen LogP contribution in [0.15, 0.2) is 36.5 Å². The second-order valence-corrected chi connectivity index (χ2v) is 4.60. The molecule has 2 aromatic rings.